The molecule has 0 aliphatic carbocycles. The third kappa shape index (κ3) is 3.95. The lowest BCUT2D eigenvalue weighted by atomic mass is 10.0. The molecule has 1 aliphatic heterocycles. The van der Waals surface area contributed by atoms with Crippen molar-refractivity contribution in [2.45, 2.75) is 6.04 Å². The summed E-state index contributed by atoms with van der Waals surface area (Å²) in [4.78, 5) is 38.0. The average Bonchev–Trinajstić information content (AvgIpc) is 2.68. The van der Waals surface area contributed by atoms with Crippen molar-refractivity contribution in [2.24, 2.45) is 4.99 Å². The molecular weight excluding hydrogens is 356 g/mol. The molecule has 0 saturated heterocycles. The van der Waals surface area contributed by atoms with Gasteiger partial charge < -0.3 is 4.74 Å². The minimum Gasteiger partial charge on any atom is -0.410 e. The maximum absolute atomic E-state index is 12.5. The van der Waals surface area contributed by atoms with Gasteiger partial charge in [0.1, 0.15) is 12.1 Å². The van der Waals surface area contributed by atoms with Gasteiger partial charge in [-0.1, -0.05) is 0 Å². The number of hydrogen-bond donors (Lipinski definition) is 0. The van der Waals surface area contributed by atoms with E-state index in [-0.39, 0.29) is 17.1 Å². The van der Waals surface area contributed by atoms with Crippen molar-refractivity contribution in [1.29, 1.82) is 0 Å². The Bertz CT molecular complexity index is 937. The van der Waals surface area contributed by atoms with Gasteiger partial charge in [0.25, 0.3) is 11.4 Å². The van der Waals surface area contributed by atoms with Crippen LogP contribution < -0.4 is 4.74 Å². The fourth-order valence-electron chi connectivity index (χ4n) is 2.42. The Morgan fingerprint density at radius 3 is 2.07 bits per heavy atom. The minimum atomic E-state index is -0.750. The first-order valence-electron chi connectivity index (χ1n) is 7.64. The third-order valence-electron chi connectivity index (χ3n) is 3.75. The normalized spacial score (nSPS) is 15.4. The lowest BCUT2D eigenvalue weighted by Gasteiger charge is -2.26. The Balaban J connectivity index is 1.77. The van der Waals surface area contributed by atoms with E-state index in [2.05, 4.69) is 4.99 Å². The summed E-state index contributed by atoms with van der Waals surface area (Å²) in [5.74, 6) is 0.135. The van der Waals surface area contributed by atoms with Crippen LogP contribution in [-0.4, -0.2) is 27.2 Å². The molecule has 27 heavy (non-hydrogen) atoms. The number of ether oxygens (including phenoxy) is 1. The summed E-state index contributed by atoms with van der Waals surface area (Å²) in [5, 5.41) is 21.4. The first-order chi connectivity index (χ1) is 13.0. The van der Waals surface area contributed by atoms with Crippen LogP contribution in [0, 0.1) is 20.2 Å². The molecule has 0 spiro atoms. The Morgan fingerprint density at radius 2 is 1.52 bits per heavy atom. The number of carbonyl (C=O) groups is 1. The summed E-state index contributed by atoms with van der Waals surface area (Å²) < 4.78 is 5.23. The molecule has 1 atom stereocenters. The molecule has 136 valence electrons. The number of aliphatic imine (C=N–C) groups is 1. The van der Waals surface area contributed by atoms with Crippen LogP contribution in [0.2, 0.25) is 0 Å². The Kier molecular flexibility index (Phi) is 4.88. The van der Waals surface area contributed by atoms with E-state index in [1.807, 2.05) is 0 Å². The van der Waals surface area contributed by atoms with Crippen molar-refractivity contribution in [1.82, 2.24) is 4.90 Å². The number of nitro benzene ring substituents is 2. The van der Waals surface area contributed by atoms with E-state index in [0.717, 1.165) is 0 Å². The molecule has 1 heterocycles. The van der Waals surface area contributed by atoms with Gasteiger partial charge in [-0.15, -0.1) is 0 Å². The quantitative estimate of drug-likeness (QED) is 0.599. The van der Waals surface area contributed by atoms with Crippen LogP contribution in [-0.2, 0) is 0 Å². The zero-order valence-corrected chi connectivity index (χ0v) is 13.7. The van der Waals surface area contributed by atoms with Crippen LogP contribution in [0.1, 0.15) is 11.6 Å². The van der Waals surface area contributed by atoms with Crippen LogP contribution in [0.15, 0.2) is 65.8 Å². The molecule has 10 heteroatoms. The maximum atomic E-state index is 12.5. The molecule has 0 N–H and O–H groups in total. The SMILES string of the molecule is O=C(Oc1ccc([N+](=O)[O-])cc1)N1C=NC=CC1c1ccc([N+](=O)[O-])cc1. The van der Waals surface area contributed by atoms with E-state index in [9.17, 15) is 25.0 Å². The fourth-order valence-corrected chi connectivity index (χ4v) is 2.42. The molecule has 0 bridgehead atoms. The number of nitrogens with zero attached hydrogens (tertiary/aromatic N) is 4. The zero-order valence-electron chi connectivity index (χ0n) is 13.7. The second kappa shape index (κ2) is 7.44. The Labute approximate surface area is 152 Å². The number of amides is 1. The molecule has 1 amide bonds. The van der Waals surface area contributed by atoms with Crippen LogP contribution in [0.4, 0.5) is 16.2 Å². The predicted octanol–water partition coefficient (Wildman–Crippen LogP) is 3.60. The van der Waals surface area contributed by atoms with Crippen molar-refractivity contribution in [2.75, 3.05) is 0 Å². The summed E-state index contributed by atoms with van der Waals surface area (Å²) in [7, 11) is 0. The highest BCUT2D eigenvalue weighted by molar-refractivity contribution is 5.85. The second-order valence-corrected chi connectivity index (χ2v) is 5.43. The lowest BCUT2D eigenvalue weighted by Crippen LogP contribution is -2.36. The number of hydrogen-bond acceptors (Lipinski definition) is 7. The number of carbonyl (C=O) groups excluding carboxylic acids is 1. The van der Waals surface area contributed by atoms with Gasteiger partial charge in [0.2, 0.25) is 0 Å². The molecule has 10 nitrogen and oxygen atoms in total. The topological polar surface area (TPSA) is 128 Å². The molecule has 0 radical (unpaired) electrons. The summed E-state index contributed by atoms with van der Waals surface area (Å²) in [6.07, 6.45) is 3.67. The molecule has 2 aromatic carbocycles. The highest BCUT2D eigenvalue weighted by atomic mass is 16.6. The molecule has 0 saturated carbocycles. The standard InChI is InChI=1S/C17H12N4O6/c22-17(27-15-7-5-14(6-8-15)21(25)26)19-11-18-10-9-16(19)12-1-3-13(4-2-12)20(23)24/h1-11,16H. The van der Waals surface area contributed by atoms with E-state index in [4.69, 9.17) is 4.74 Å². The van der Waals surface area contributed by atoms with E-state index in [0.29, 0.717) is 5.56 Å². The number of benzene rings is 2. The molecule has 1 aliphatic rings. The van der Waals surface area contributed by atoms with Crippen LogP contribution >= 0.6 is 0 Å². The zero-order chi connectivity index (χ0) is 19.4. The molecule has 0 fully saturated rings. The summed E-state index contributed by atoms with van der Waals surface area (Å²) >= 11 is 0. The third-order valence-corrected chi connectivity index (χ3v) is 3.75. The largest absolute Gasteiger partial charge is 0.421 e. The van der Waals surface area contributed by atoms with E-state index < -0.39 is 22.0 Å². The molecule has 0 aromatic heterocycles. The van der Waals surface area contributed by atoms with E-state index in [1.54, 1.807) is 18.2 Å². The van der Waals surface area contributed by atoms with Crippen molar-refractivity contribution < 1.29 is 19.4 Å². The van der Waals surface area contributed by atoms with Crippen LogP contribution in [0.5, 0.6) is 5.75 Å². The molecule has 2 aromatic rings. The molecular formula is C17H12N4O6. The monoisotopic (exact) mass is 368 g/mol. The summed E-state index contributed by atoms with van der Waals surface area (Å²) in [6, 6.07) is 10.3. The van der Waals surface area contributed by atoms with Crippen molar-refractivity contribution in [3.63, 3.8) is 0 Å². The highest BCUT2D eigenvalue weighted by Gasteiger charge is 2.26. The van der Waals surface area contributed by atoms with Gasteiger partial charge in [0, 0.05) is 30.5 Å². The predicted molar refractivity (Wildman–Crippen MR) is 94.4 cm³/mol. The van der Waals surface area contributed by atoms with Gasteiger partial charge in [0.15, 0.2) is 0 Å². The number of non-ortho nitro benzene ring substituents is 2. The van der Waals surface area contributed by atoms with Crippen molar-refractivity contribution in [3.8, 4) is 5.75 Å². The minimum absolute atomic E-state index is 0.0628. The van der Waals surface area contributed by atoms with Gasteiger partial charge in [-0.25, -0.2) is 9.79 Å². The van der Waals surface area contributed by atoms with Gasteiger partial charge >= 0.3 is 6.09 Å². The Hall–Kier alpha value is -4.08. The number of nitro groups is 2. The van der Waals surface area contributed by atoms with Crippen LogP contribution in [0.3, 0.4) is 0 Å². The van der Waals surface area contributed by atoms with Gasteiger partial charge in [-0.2, -0.15) is 0 Å². The summed E-state index contributed by atoms with van der Waals surface area (Å²) in [5.41, 5.74) is 0.442. The lowest BCUT2D eigenvalue weighted by molar-refractivity contribution is -0.385. The first kappa shape index (κ1) is 17.7. The van der Waals surface area contributed by atoms with Crippen molar-refractivity contribution in [3.05, 3.63) is 86.6 Å². The smallest absolute Gasteiger partial charge is 0.410 e. The van der Waals surface area contributed by atoms with Crippen LogP contribution in [0.25, 0.3) is 0 Å². The Morgan fingerprint density at radius 1 is 0.963 bits per heavy atom. The van der Waals surface area contributed by atoms with Gasteiger partial charge in [0.05, 0.1) is 15.9 Å². The average molecular weight is 368 g/mol. The van der Waals surface area contributed by atoms with E-state index >= 15 is 0 Å². The maximum Gasteiger partial charge on any atom is 0.421 e. The molecule has 3 rings (SSSR count). The van der Waals surface area contributed by atoms with Crippen molar-refractivity contribution >= 4 is 23.8 Å². The molecule has 1 unspecified atom stereocenters. The number of rotatable bonds is 4. The van der Waals surface area contributed by atoms with Gasteiger partial charge in [-0.3, -0.25) is 25.1 Å². The summed E-state index contributed by atoms with van der Waals surface area (Å²) in [6.45, 7) is 0. The van der Waals surface area contributed by atoms with E-state index in [1.165, 1.54) is 53.8 Å². The van der Waals surface area contributed by atoms with Gasteiger partial charge in [-0.05, 0) is 35.9 Å². The second-order valence-electron chi connectivity index (χ2n) is 5.43. The fraction of sp³-hybridized carbons (Fsp3) is 0.0588. The highest BCUT2D eigenvalue weighted by Crippen LogP contribution is 2.27. The first-order valence-corrected chi connectivity index (χ1v) is 7.64.